The van der Waals surface area contributed by atoms with Crippen LogP contribution in [0.1, 0.15) is 18.4 Å². The molecule has 0 radical (unpaired) electrons. The highest BCUT2D eigenvalue weighted by atomic mass is 32.2. The lowest BCUT2D eigenvalue weighted by atomic mass is 10.0. The summed E-state index contributed by atoms with van der Waals surface area (Å²) in [6.45, 7) is 3.13. The van der Waals surface area contributed by atoms with E-state index in [0.717, 1.165) is 29.4 Å². The van der Waals surface area contributed by atoms with Crippen molar-refractivity contribution in [3.63, 3.8) is 0 Å². The minimum atomic E-state index is 0.837. The molecule has 0 spiro atoms. The van der Waals surface area contributed by atoms with Crippen molar-refractivity contribution >= 4 is 23.1 Å². The number of anilines is 2. The Morgan fingerprint density at radius 1 is 1.38 bits per heavy atom. The minimum absolute atomic E-state index is 0.837. The molecule has 0 unspecified atom stereocenters. The summed E-state index contributed by atoms with van der Waals surface area (Å²) in [6, 6.07) is 6.23. The van der Waals surface area contributed by atoms with E-state index in [4.69, 9.17) is 5.73 Å². The third-order valence-corrected chi connectivity index (χ3v) is 4.26. The van der Waals surface area contributed by atoms with Gasteiger partial charge in [-0.05, 0) is 54.9 Å². The molecular formula is C13H20N2S. The number of thioether (sulfide) groups is 1. The van der Waals surface area contributed by atoms with Crippen molar-refractivity contribution < 1.29 is 0 Å². The van der Waals surface area contributed by atoms with Gasteiger partial charge in [-0.25, -0.2) is 0 Å². The van der Waals surface area contributed by atoms with Gasteiger partial charge < -0.3 is 11.1 Å². The second kappa shape index (κ2) is 5.48. The molecule has 88 valence electrons. The van der Waals surface area contributed by atoms with Crippen LogP contribution in [0.3, 0.4) is 0 Å². The van der Waals surface area contributed by atoms with Crippen LogP contribution in [-0.2, 0) is 0 Å². The highest BCUT2D eigenvalue weighted by Crippen LogP contribution is 2.23. The van der Waals surface area contributed by atoms with Gasteiger partial charge in [0.05, 0.1) is 0 Å². The van der Waals surface area contributed by atoms with E-state index in [-0.39, 0.29) is 0 Å². The van der Waals surface area contributed by atoms with Gasteiger partial charge >= 0.3 is 0 Å². The van der Waals surface area contributed by atoms with Crippen LogP contribution in [-0.4, -0.2) is 18.1 Å². The van der Waals surface area contributed by atoms with Crippen molar-refractivity contribution in [1.82, 2.24) is 0 Å². The van der Waals surface area contributed by atoms with Crippen molar-refractivity contribution in [2.24, 2.45) is 5.92 Å². The van der Waals surface area contributed by atoms with Crippen molar-refractivity contribution in [2.75, 3.05) is 29.1 Å². The molecule has 2 rings (SSSR count). The van der Waals surface area contributed by atoms with Crippen LogP contribution in [0.2, 0.25) is 0 Å². The van der Waals surface area contributed by atoms with Gasteiger partial charge in [0.25, 0.3) is 0 Å². The molecule has 0 amide bonds. The van der Waals surface area contributed by atoms with Gasteiger partial charge in [-0.1, -0.05) is 6.07 Å². The van der Waals surface area contributed by atoms with Gasteiger partial charge in [0, 0.05) is 17.9 Å². The zero-order valence-corrected chi connectivity index (χ0v) is 10.6. The van der Waals surface area contributed by atoms with Crippen LogP contribution in [0.25, 0.3) is 0 Å². The van der Waals surface area contributed by atoms with Crippen LogP contribution in [0.15, 0.2) is 18.2 Å². The minimum Gasteiger partial charge on any atom is -0.398 e. The molecule has 1 heterocycles. The maximum atomic E-state index is 5.89. The second-order valence-electron chi connectivity index (χ2n) is 4.51. The molecule has 1 aliphatic rings. The van der Waals surface area contributed by atoms with Crippen molar-refractivity contribution in [2.45, 2.75) is 19.8 Å². The summed E-state index contributed by atoms with van der Waals surface area (Å²) in [5, 5.41) is 3.49. The molecule has 1 saturated heterocycles. The Bertz CT molecular complexity index is 346. The Labute approximate surface area is 102 Å². The summed E-state index contributed by atoms with van der Waals surface area (Å²) in [5.74, 6) is 3.48. The van der Waals surface area contributed by atoms with E-state index in [1.807, 2.05) is 13.0 Å². The molecule has 1 fully saturated rings. The summed E-state index contributed by atoms with van der Waals surface area (Å²) in [4.78, 5) is 0. The monoisotopic (exact) mass is 236 g/mol. The first kappa shape index (κ1) is 11.6. The number of rotatable bonds is 3. The summed E-state index contributed by atoms with van der Waals surface area (Å²) in [5.41, 5.74) is 9.07. The Morgan fingerprint density at radius 3 is 2.81 bits per heavy atom. The van der Waals surface area contributed by atoms with Crippen LogP contribution in [0, 0.1) is 12.8 Å². The second-order valence-corrected chi connectivity index (χ2v) is 5.73. The number of hydrogen-bond donors (Lipinski definition) is 2. The number of benzene rings is 1. The molecular weight excluding hydrogens is 216 g/mol. The molecule has 1 aromatic rings. The van der Waals surface area contributed by atoms with Crippen LogP contribution < -0.4 is 11.1 Å². The molecule has 0 aliphatic carbocycles. The molecule has 0 saturated carbocycles. The zero-order valence-electron chi connectivity index (χ0n) is 9.83. The average Bonchev–Trinajstić information content (AvgIpc) is 2.32. The van der Waals surface area contributed by atoms with Crippen LogP contribution in [0.4, 0.5) is 11.4 Å². The highest BCUT2D eigenvalue weighted by Gasteiger charge is 2.13. The van der Waals surface area contributed by atoms with Crippen LogP contribution >= 0.6 is 11.8 Å². The molecule has 16 heavy (non-hydrogen) atoms. The smallest absolute Gasteiger partial charge is 0.0364 e. The van der Waals surface area contributed by atoms with Gasteiger partial charge in [0.2, 0.25) is 0 Å². The topological polar surface area (TPSA) is 38.0 Å². The van der Waals surface area contributed by atoms with Gasteiger partial charge in [-0.3, -0.25) is 0 Å². The summed E-state index contributed by atoms with van der Waals surface area (Å²) in [6.07, 6.45) is 2.69. The molecule has 3 N–H and O–H groups in total. The third-order valence-electron chi connectivity index (χ3n) is 3.21. The summed E-state index contributed by atoms with van der Waals surface area (Å²) >= 11 is 2.08. The number of nitrogens with two attached hydrogens (primary N) is 1. The number of hydrogen-bond acceptors (Lipinski definition) is 3. The standard InChI is InChI=1S/C13H20N2S/c1-10-2-3-12(8-13(10)14)15-9-11-4-6-16-7-5-11/h2-3,8,11,15H,4-7,9,14H2,1H3. The van der Waals surface area contributed by atoms with Crippen molar-refractivity contribution in [3.05, 3.63) is 23.8 Å². The van der Waals surface area contributed by atoms with Gasteiger partial charge in [0.15, 0.2) is 0 Å². The molecule has 0 bridgehead atoms. The third kappa shape index (κ3) is 3.08. The van der Waals surface area contributed by atoms with Crippen molar-refractivity contribution in [3.8, 4) is 0 Å². The van der Waals surface area contributed by atoms with E-state index in [1.54, 1.807) is 0 Å². The Balaban J connectivity index is 1.86. The summed E-state index contributed by atoms with van der Waals surface area (Å²) in [7, 11) is 0. The number of nitrogens with one attached hydrogen (secondary N) is 1. The number of aryl methyl sites for hydroxylation is 1. The van der Waals surface area contributed by atoms with E-state index >= 15 is 0 Å². The maximum absolute atomic E-state index is 5.89. The molecule has 1 aliphatic heterocycles. The lowest BCUT2D eigenvalue weighted by molar-refractivity contribution is 0.516. The first-order chi connectivity index (χ1) is 7.75. The van der Waals surface area contributed by atoms with E-state index < -0.39 is 0 Å². The fourth-order valence-electron chi connectivity index (χ4n) is 1.96. The lowest BCUT2D eigenvalue weighted by Gasteiger charge is -2.22. The average molecular weight is 236 g/mol. The predicted octanol–water partition coefficient (Wildman–Crippen LogP) is 3.13. The predicted molar refractivity (Wildman–Crippen MR) is 74.1 cm³/mol. The largest absolute Gasteiger partial charge is 0.398 e. The first-order valence-electron chi connectivity index (χ1n) is 5.93. The molecule has 1 aromatic carbocycles. The number of nitrogen functional groups attached to an aromatic ring is 1. The molecule has 0 aromatic heterocycles. The highest BCUT2D eigenvalue weighted by molar-refractivity contribution is 7.99. The lowest BCUT2D eigenvalue weighted by Crippen LogP contribution is -2.19. The Kier molecular flexibility index (Phi) is 3.99. The molecule has 0 atom stereocenters. The first-order valence-corrected chi connectivity index (χ1v) is 7.09. The summed E-state index contributed by atoms with van der Waals surface area (Å²) < 4.78 is 0. The van der Waals surface area contributed by atoms with Gasteiger partial charge in [-0.15, -0.1) is 0 Å². The molecule has 2 nitrogen and oxygen atoms in total. The Hall–Kier alpha value is -0.830. The van der Waals surface area contributed by atoms with Gasteiger partial charge in [-0.2, -0.15) is 11.8 Å². The molecule has 3 heteroatoms. The van der Waals surface area contributed by atoms with Crippen molar-refractivity contribution in [1.29, 1.82) is 0 Å². The SMILES string of the molecule is Cc1ccc(NCC2CCSCC2)cc1N. The van der Waals surface area contributed by atoms with E-state index in [0.29, 0.717) is 0 Å². The fourth-order valence-corrected chi connectivity index (χ4v) is 3.17. The van der Waals surface area contributed by atoms with E-state index in [1.165, 1.54) is 24.3 Å². The normalized spacial score (nSPS) is 17.3. The quantitative estimate of drug-likeness (QED) is 0.792. The van der Waals surface area contributed by atoms with E-state index in [2.05, 4.69) is 29.2 Å². The maximum Gasteiger partial charge on any atom is 0.0364 e. The zero-order chi connectivity index (χ0) is 11.4. The van der Waals surface area contributed by atoms with Gasteiger partial charge in [0.1, 0.15) is 0 Å². The Morgan fingerprint density at radius 2 is 2.12 bits per heavy atom. The van der Waals surface area contributed by atoms with Crippen LogP contribution in [0.5, 0.6) is 0 Å². The van der Waals surface area contributed by atoms with E-state index in [9.17, 15) is 0 Å². The fraction of sp³-hybridized carbons (Fsp3) is 0.538.